The Morgan fingerprint density at radius 2 is 1.81 bits per heavy atom. The van der Waals surface area contributed by atoms with E-state index in [1.165, 1.54) is 51.5 Å². The molecule has 1 N–H and O–H groups in total. The maximum absolute atomic E-state index is 12.0. The van der Waals surface area contributed by atoms with Crippen LogP contribution in [0.3, 0.4) is 0 Å². The van der Waals surface area contributed by atoms with Gasteiger partial charge in [-0.25, -0.2) is 0 Å². The van der Waals surface area contributed by atoms with Gasteiger partial charge >= 0.3 is 5.97 Å². The van der Waals surface area contributed by atoms with Crippen LogP contribution < -0.4 is 0 Å². The molecule has 1 saturated carbocycles. The number of allylic oxidation sites excluding steroid dienone is 1. The Morgan fingerprint density at radius 1 is 1.16 bits per heavy atom. The predicted octanol–water partition coefficient (Wildman–Crippen LogP) is 7.27. The van der Waals surface area contributed by atoms with Crippen LogP contribution in [0.25, 0.3) is 0 Å². The summed E-state index contributed by atoms with van der Waals surface area (Å²) in [6.07, 6.45) is 14.6. The number of carbonyl (C=O) groups is 2. The molecule has 1 heterocycles. The van der Waals surface area contributed by atoms with E-state index < -0.39 is 5.79 Å². The lowest BCUT2D eigenvalue weighted by Gasteiger charge is -2.38. The van der Waals surface area contributed by atoms with E-state index in [-0.39, 0.29) is 29.7 Å². The third-order valence-corrected chi connectivity index (χ3v) is 7.60. The second-order valence-electron chi connectivity index (χ2n) is 11.5. The summed E-state index contributed by atoms with van der Waals surface area (Å²) in [7, 11) is 1.82. The van der Waals surface area contributed by atoms with Gasteiger partial charge in [0.2, 0.25) is 0 Å². The van der Waals surface area contributed by atoms with Crippen molar-refractivity contribution in [3.8, 4) is 0 Å². The summed E-state index contributed by atoms with van der Waals surface area (Å²) in [5.41, 5.74) is 0. The molecule has 2 aliphatic rings. The van der Waals surface area contributed by atoms with Gasteiger partial charge in [-0.2, -0.15) is 0 Å². The van der Waals surface area contributed by atoms with Gasteiger partial charge in [-0.05, 0) is 77.2 Å². The third-order valence-electron chi connectivity index (χ3n) is 7.60. The van der Waals surface area contributed by atoms with Gasteiger partial charge in [-0.15, -0.1) is 0 Å². The summed E-state index contributed by atoms with van der Waals surface area (Å²) in [5.74, 6) is 0.612. The molecule has 0 spiro atoms. The van der Waals surface area contributed by atoms with E-state index in [1.807, 2.05) is 27.9 Å². The highest BCUT2D eigenvalue weighted by atomic mass is 16.6. The summed E-state index contributed by atoms with van der Waals surface area (Å²) in [6.45, 7) is 17.4. The predicted molar refractivity (Wildman–Crippen MR) is 151 cm³/mol. The van der Waals surface area contributed by atoms with Gasteiger partial charge in [0, 0.05) is 13.0 Å². The maximum Gasteiger partial charge on any atom is 0.308 e. The fraction of sp³-hybridized carbons (Fsp3) is 0.871. The Kier molecular flexibility index (Phi) is 19.1. The minimum absolute atomic E-state index is 0.0126. The van der Waals surface area contributed by atoms with E-state index in [2.05, 4.69) is 20.4 Å². The SMILES string of the molecule is C=CC(C)=O.CC1CCC(C)C(C)(O)O1.CCCCCC(C)C(=O)OCC(C)CC1CCCC(OC)C1. The van der Waals surface area contributed by atoms with Crippen LogP contribution in [0.1, 0.15) is 119 Å². The summed E-state index contributed by atoms with van der Waals surface area (Å²) >= 11 is 0. The average molecular weight is 527 g/mol. The number of aliphatic hydroxyl groups is 1. The fourth-order valence-corrected chi connectivity index (χ4v) is 4.83. The molecule has 6 heteroatoms. The smallest absolute Gasteiger partial charge is 0.308 e. The number of unbranched alkanes of at least 4 members (excludes halogenated alkanes) is 2. The molecule has 7 atom stereocenters. The number of rotatable bonds is 11. The lowest BCUT2D eigenvalue weighted by atomic mass is 9.82. The van der Waals surface area contributed by atoms with Crippen molar-refractivity contribution in [3.63, 3.8) is 0 Å². The Morgan fingerprint density at radius 3 is 2.32 bits per heavy atom. The normalized spacial score (nSPS) is 28.9. The third kappa shape index (κ3) is 17.1. The Bertz CT molecular complexity index is 631. The number of ketones is 1. The van der Waals surface area contributed by atoms with Crippen LogP contribution in [0.2, 0.25) is 0 Å². The van der Waals surface area contributed by atoms with E-state index >= 15 is 0 Å². The zero-order chi connectivity index (χ0) is 28.4. The lowest BCUT2D eigenvalue weighted by Crippen LogP contribution is -2.43. The van der Waals surface area contributed by atoms with E-state index in [9.17, 15) is 14.7 Å². The Labute approximate surface area is 227 Å². The standard InChI is InChI=1S/C19H36O3.C8H16O2.C4H6O/c1-5-6-7-9-16(3)19(20)22-14-15(2)12-17-10-8-11-18(13-17)21-4;1-6-4-5-7(2)10-8(6,3)9;1-3-4(2)5/h15-18H,5-14H2,1-4H3;6-7,9H,4-5H2,1-3H3;3H,1H2,2H3. The minimum atomic E-state index is -0.891. The molecule has 218 valence electrons. The number of carbonyl (C=O) groups excluding carboxylic acids is 2. The molecule has 0 radical (unpaired) electrons. The summed E-state index contributed by atoms with van der Waals surface area (Å²) in [5, 5.41) is 9.59. The second kappa shape index (κ2) is 19.8. The first-order valence-electron chi connectivity index (χ1n) is 14.6. The first-order valence-corrected chi connectivity index (χ1v) is 14.6. The Balaban J connectivity index is 0.000000706. The first-order chi connectivity index (χ1) is 17.4. The molecule has 1 aliphatic carbocycles. The summed E-state index contributed by atoms with van der Waals surface area (Å²) in [4.78, 5) is 21.7. The van der Waals surface area contributed by atoms with E-state index in [0.717, 1.165) is 38.0 Å². The molecule has 0 bridgehead atoms. The zero-order valence-corrected chi connectivity index (χ0v) is 25.2. The van der Waals surface area contributed by atoms with Crippen molar-refractivity contribution in [2.24, 2.45) is 23.7 Å². The van der Waals surface area contributed by atoms with Crippen LogP contribution in [0.15, 0.2) is 12.7 Å². The van der Waals surface area contributed by atoms with Crippen LogP contribution in [0.5, 0.6) is 0 Å². The highest BCUT2D eigenvalue weighted by Crippen LogP contribution is 2.32. The highest BCUT2D eigenvalue weighted by molar-refractivity contribution is 5.86. The largest absolute Gasteiger partial charge is 0.465 e. The van der Waals surface area contributed by atoms with Gasteiger partial charge in [-0.3, -0.25) is 9.59 Å². The molecule has 0 aromatic rings. The van der Waals surface area contributed by atoms with Gasteiger partial charge in [0.1, 0.15) is 0 Å². The molecule has 0 aromatic heterocycles. The summed E-state index contributed by atoms with van der Waals surface area (Å²) in [6, 6.07) is 0. The monoisotopic (exact) mass is 526 g/mol. The number of esters is 1. The van der Waals surface area contributed by atoms with Gasteiger partial charge in [0.25, 0.3) is 0 Å². The van der Waals surface area contributed by atoms with Crippen molar-refractivity contribution in [1.82, 2.24) is 0 Å². The lowest BCUT2D eigenvalue weighted by molar-refractivity contribution is -0.264. The van der Waals surface area contributed by atoms with Crippen LogP contribution in [0.4, 0.5) is 0 Å². The zero-order valence-electron chi connectivity index (χ0n) is 25.2. The molecular weight excluding hydrogens is 468 g/mol. The number of hydrogen-bond acceptors (Lipinski definition) is 6. The molecule has 7 unspecified atom stereocenters. The van der Waals surface area contributed by atoms with Gasteiger partial charge in [-0.1, -0.05) is 66.4 Å². The number of methoxy groups -OCH3 is 1. The maximum atomic E-state index is 12.0. The van der Waals surface area contributed by atoms with Crippen molar-refractivity contribution < 1.29 is 28.9 Å². The number of hydrogen-bond donors (Lipinski definition) is 1. The van der Waals surface area contributed by atoms with E-state index in [0.29, 0.717) is 18.6 Å². The molecule has 0 aromatic carbocycles. The highest BCUT2D eigenvalue weighted by Gasteiger charge is 2.35. The van der Waals surface area contributed by atoms with Gasteiger partial charge in [0.15, 0.2) is 11.6 Å². The fourth-order valence-electron chi connectivity index (χ4n) is 4.83. The molecule has 1 saturated heterocycles. The van der Waals surface area contributed by atoms with Gasteiger partial charge < -0.3 is 19.3 Å². The molecule has 2 rings (SSSR count). The molecular formula is C31H58O6. The van der Waals surface area contributed by atoms with Crippen LogP contribution in [-0.4, -0.2) is 48.6 Å². The van der Waals surface area contributed by atoms with Crippen LogP contribution >= 0.6 is 0 Å². The molecule has 0 amide bonds. The first kappa shape index (κ1) is 35.8. The van der Waals surface area contributed by atoms with Crippen molar-refractivity contribution in [1.29, 1.82) is 0 Å². The van der Waals surface area contributed by atoms with E-state index in [1.54, 1.807) is 6.92 Å². The molecule has 2 fully saturated rings. The van der Waals surface area contributed by atoms with Crippen LogP contribution in [-0.2, 0) is 23.8 Å². The Hall–Kier alpha value is -1.24. The van der Waals surface area contributed by atoms with Crippen molar-refractivity contribution in [2.75, 3.05) is 13.7 Å². The van der Waals surface area contributed by atoms with Gasteiger partial charge in [0.05, 0.1) is 24.7 Å². The topological polar surface area (TPSA) is 82.1 Å². The quantitative estimate of drug-likeness (QED) is 0.173. The minimum Gasteiger partial charge on any atom is -0.465 e. The van der Waals surface area contributed by atoms with Crippen molar-refractivity contribution >= 4 is 11.8 Å². The van der Waals surface area contributed by atoms with Crippen molar-refractivity contribution in [3.05, 3.63) is 12.7 Å². The average Bonchev–Trinajstić information content (AvgIpc) is 2.85. The van der Waals surface area contributed by atoms with Crippen LogP contribution in [0, 0.1) is 23.7 Å². The van der Waals surface area contributed by atoms with Crippen molar-refractivity contribution in [2.45, 2.75) is 137 Å². The second-order valence-corrected chi connectivity index (χ2v) is 11.5. The molecule has 37 heavy (non-hydrogen) atoms. The molecule has 1 aliphatic heterocycles. The molecule has 6 nitrogen and oxygen atoms in total. The van der Waals surface area contributed by atoms with E-state index in [4.69, 9.17) is 14.2 Å². The summed E-state index contributed by atoms with van der Waals surface area (Å²) < 4.78 is 16.4. The number of ether oxygens (including phenoxy) is 3.